The second-order valence-electron chi connectivity index (χ2n) is 14.5. The monoisotopic (exact) mass is 810 g/mol. The number of hydrogen-bond donors (Lipinski definition) is 3. The van der Waals surface area contributed by atoms with Crippen molar-refractivity contribution in [3.05, 3.63) is 122 Å². The average molecular weight is 811 g/mol. The molecule has 0 unspecified atom stereocenters. The minimum absolute atomic E-state index is 0.0561. The molecule has 6 aromatic heterocycles. The van der Waals surface area contributed by atoms with Gasteiger partial charge >= 0.3 is 6.09 Å². The molecule has 7 aromatic rings. The number of imidazole rings is 2. The van der Waals surface area contributed by atoms with Crippen molar-refractivity contribution in [3.8, 4) is 22.8 Å². The van der Waals surface area contributed by atoms with Crippen LogP contribution in [-0.2, 0) is 20.8 Å². The SMILES string of the molecule is CCO[C@H]1CCN(C(=O)OCc2ccccc2)C[C@@H]1Nc1cncc(-c2cnc3ccccn23)n1.CCO[C@H]1CCNC[C@@H]1Nc1cncc(-c2cnc3ccccn23)n1. The van der Waals surface area contributed by atoms with Crippen molar-refractivity contribution in [1.29, 1.82) is 0 Å². The smallest absolute Gasteiger partial charge is 0.410 e. The number of hydrogen-bond acceptors (Lipinski definition) is 13. The number of nitrogens with one attached hydrogen (secondary N) is 3. The van der Waals surface area contributed by atoms with Crippen molar-refractivity contribution in [2.24, 2.45) is 0 Å². The number of nitrogens with zero attached hydrogens (tertiary/aromatic N) is 9. The topological polar surface area (TPSA) is 170 Å². The van der Waals surface area contributed by atoms with Gasteiger partial charge in [0.2, 0.25) is 0 Å². The van der Waals surface area contributed by atoms with E-state index in [1.165, 1.54) is 0 Å². The van der Waals surface area contributed by atoms with E-state index in [1.807, 2.05) is 108 Å². The van der Waals surface area contributed by atoms with Crippen molar-refractivity contribution in [2.75, 3.05) is 50.0 Å². The van der Waals surface area contributed by atoms with Crippen LogP contribution in [0.25, 0.3) is 34.1 Å². The summed E-state index contributed by atoms with van der Waals surface area (Å²) in [6.07, 6.45) is 16.0. The summed E-state index contributed by atoms with van der Waals surface area (Å²) in [6, 6.07) is 21.5. The van der Waals surface area contributed by atoms with E-state index in [-0.39, 0.29) is 37.0 Å². The highest BCUT2D eigenvalue weighted by molar-refractivity contribution is 5.68. The number of anilines is 2. The molecule has 8 heterocycles. The van der Waals surface area contributed by atoms with Crippen molar-refractivity contribution < 1.29 is 19.0 Å². The maximum atomic E-state index is 12.8. The number of carbonyl (C=O) groups excluding carboxylic acids is 1. The van der Waals surface area contributed by atoms with Crippen LogP contribution in [0.1, 0.15) is 32.3 Å². The summed E-state index contributed by atoms with van der Waals surface area (Å²) in [7, 11) is 0. The highest BCUT2D eigenvalue weighted by Crippen LogP contribution is 2.24. The Hall–Kier alpha value is -6.49. The van der Waals surface area contributed by atoms with Gasteiger partial charge in [-0.05, 0) is 63.1 Å². The van der Waals surface area contributed by atoms with Crippen LogP contribution < -0.4 is 16.0 Å². The molecule has 1 aromatic carbocycles. The molecule has 2 aliphatic heterocycles. The lowest BCUT2D eigenvalue weighted by atomic mass is 10.0. The van der Waals surface area contributed by atoms with Gasteiger partial charge in [0.15, 0.2) is 0 Å². The first-order valence-corrected chi connectivity index (χ1v) is 20.5. The molecule has 2 fully saturated rings. The zero-order chi connectivity index (χ0) is 41.1. The molecule has 2 aliphatic rings. The second-order valence-corrected chi connectivity index (χ2v) is 14.5. The van der Waals surface area contributed by atoms with Crippen LogP contribution in [0.15, 0.2) is 116 Å². The molecule has 16 heteroatoms. The molecule has 0 radical (unpaired) electrons. The lowest BCUT2D eigenvalue weighted by molar-refractivity contribution is 0.00244. The van der Waals surface area contributed by atoms with E-state index in [4.69, 9.17) is 24.2 Å². The van der Waals surface area contributed by atoms with Gasteiger partial charge in [0.1, 0.15) is 40.9 Å². The highest BCUT2D eigenvalue weighted by Gasteiger charge is 2.33. The predicted octanol–water partition coefficient (Wildman–Crippen LogP) is 5.99. The van der Waals surface area contributed by atoms with E-state index < -0.39 is 0 Å². The Kier molecular flexibility index (Phi) is 13.1. The lowest BCUT2D eigenvalue weighted by Gasteiger charge is -2.38. The van der Waals surface area contributed by atoms with Gasteiger partial charge in [-0.25, -0.2) is 24.7 Å². The quantitative estimate of drug-likeness (QED) is 0.132. The molecule has 3 N–H and O–H groups in total. The van der Waals surface area contributed by atoms with Crippen LogP contribution in [-0.4, -0.2) is 113 Å². The molecular weight excluding hydrogens is 761 g/mol. The molecule has 4 atom stereocenters. The van der Waals surface area contributed by atoms with Gasteiger partial charge in [0.25, 0.3) is 0 Å². The summed E-state index contributed by atoms with van der Waals surface area (Å²) in [6.45, 7) is 8.42. The van der Waals surface area contributed by atoms with Crippen LogP contribution in [0, 0.1) is 0 Å². The first-order chi connectivity index (χ1) is 29.6. The van der Waals surface area contributed by atoms with Crippen LogP contribution >= 0.6 is 0 Å². The van der Waals surface area contributed by atoms with Crippen molar-refractivity contribution in [1.82, 2.24) is 48.9 Å². The van der Waals surface area contributed by atoms with Gasteiger partial charge in [-0.3, -0.25) is 18.8 Å². The summed E-state index contributed by atoms with van der Waals surface area (Å²) in [4.78, 5) is 41.6. The van der Waals surface area contributed by atoms with Gasteiger partial charge in [0, 0.05) is 45.2 Å². The Bertz CT molecular complexity index is 2460. The van der Waals surface area contributed by atoms with E-state index in [0.717, 1.165) is 65.9 Å². The molecular formula is C44H50N12O4. The fourth-order valence-electron chi connectivity index (χ4n) is 7.59. The molecule has 310 valence electrons. The maximum Gasteiger partial charge on any atom is 0.410 e. The van der Waals surface area contributed by atoms with Gasteiger partial charge in [-0.15, -0.1) is 0 Å². The first kappa shape index (κ1) is 40.3. The maximum absolute atomic E-state index is 12.8. The number of amides is 1. The van der Waals surface area contributed by atoms with Gasteiger partial charge in [0.05, 0.1) is 72.9 Å². The first-order valence-electron chi connectivity index (χ1n) is 20.5. The Morgan fingerprint density at radius 2 is 1.30 bits per heavy atom. The van der Waals surface area contributed by atoms with Gasteiger partial charge in [-0.2, -0.15) is 0 Å². The zero-order valence-electron chi connectivity index (χ0n) is 33.8. The van der Waals surface area contributed by atoms with E-state index >= 15 is 0 Å². The highest BCUT2D eigenvalue weighted by atomic mass is 16.6. The molecule has 16 nitrogen and oxygen atoms in total. The molecule has 0 spiro atoms. The van der Waals surface area contributed by atoms with E-state index in [0.29, 0.717) is 37.6 Å². The number of carbonyl (C=O) groups is 1. The third-order valence-electron chi connectivity index (χ3n) is 10.5. The Morgan fingerprint density at radius 1 is 0.717 bits per heavy atom. The molecule has 0 saturated carbocycles. The third kappa shape index (κ3) is 9.68. The normalized spacial score (nSPS) is 19.1. The van der Waals surface area contributed by atoms with E-state index in [1.54, 1.807) is 35.9 Å². The molecule has 0 bridgehead atoms. The number of pyridine rings is 2. The summed E-state index contributed by atoms with van der Waals surface area (Å²) in [5.74, 6) is 1.37. The number of rotatable bonds is 12. The third-order valence-corrected chi connectivity index (χ3v) is 10.5. The average Bonchev–Trinajstić information content (AvgIpc) is 3.93. The van der Waals surface area contributed by atoms with Crippen molar-refractivity contribution in [2.45, 2.75) is 57.6 Å². The Balaban J connectivity index is 0.000000176. The van der Waals surface area contributed by atoms with E-state index in [2.05, 4.69) is 35.9 Å². The van der Waals surface area contributed by atoms with Crippen LogP contribution in [0.5, 0.6) is 0 Å². The molecule has 2 saturated heterocycles. The number of ether oxygens (including phenoxy) is 3. The van der Waals surface area contributed by atoms with Gasteiger partial charge < -0.3 is 35.1 Å². The fourth-order valence-corrected chi connectivity index (χ4v) is 7.59. The van der Waals surface area contributed by atoms with Crippen LogP contribution in [0.4, 0.5) is 16.4 Å². The number of benzene rings is 1. The number of piperidine rings is 2. The van der Waals surface area contributed by atoms with Crippen LogP contribution in [0.3, 0.4) is 0 Å². The van der Waals surface area contributed by atoms with Crippen molar-refractivity contribution >= 4 is 29.0 Å². The van der Waals surface area contributed by atoms with Crippen molar-refractivity contribution in [3.63, 3.8) is 0 Å². The van der Waals surface area contributed by atoms with E-state index in [9.17, 15) is 4.79 Å². The molecule has 0 aliphatic carbocycles. The summed E-state index contributed by atoms with van der Waals surface area (Å²) < 4.78 is 21.4. The summed E-state index contributed by atoms with van der Waals surface area (Å²) in [5.41, 5.74) is 5.97. The molecule has 1 amide bonds. The van der Waals surface area contributed by atoms with Crippen LogP contribution in [0.2, 0.25) is 0 Å². The number of fused-ring (bicyclic) bond motifs is 2. The largest absolute Gasteiger partial charge is 0.445 e. The number of likely N-dealkylation sites (tertiary alicyclic amines) is 1. The van der Waals surface area contributed by atoms with Gasteiger partial charge in [-0.1, -0.05) is 42.5 Å². The Labute approximate surface area is 348 Å². The standard InChI is InChI=1S/C26H28N6O3.C18H22N6O/c1-2-34-23-11-13-31(26(33)35-18-19-8-4-3-5-9-19)17-21(23)30-24-16-27-14-20(29-24)22-15-28-25-10-6-7-12-32(22)25;1-2-25-16-6-7-19-10-14(16)23-17-12-20-9-13(22-17)15-11-21-18-5-3-4-8-24(15)18/h3-10,12,14-16,21,23H,2,11,13,17-18H2,1H3,(H,29,30);3-5,8-9,11-12,14,16,19H,2,6-7,10H2,1H3,(H,22,23)/t21-,23-;14-,16-/m00/s1. The summed E-state index contributed by atoms with van der Waals surface area (Å²) >= 11 is 0. The minimum atomic E-state index is -0.332. The lowest BCUT2D eigenvalue weighted by Crippen LogP contribution is -2.53. The number of aromatic nitrogens is 8. The predicted molar refractivity (Wildman–Crippen MR) is 228 cm³/mol. The summed E-state index contributed by atoms with van der Waals surface area (Å²) in [5, 5.41) is 10.3. The Morgan fingerprint density at radius 3 is 1.92 bits per heavy atom. The zero-order valence-corrected chi connectivity index (χ0v) is 33.8. The second kappa shape index (κ2) is 19.5. The minimum Gasteiger partial charge on any atom is -0.445 e. The fraction of sp³-hybridized carbons (Fsp3) is 0.341. The molecule has 60 heavy (non-hydrogen) atoms. The molecule has 9 rings (SSSR count).